The van der Waals surface area contributed by atoms with Crippen molar-refractivity contribution in [2.45, 2.75) is 6.92 Å². The Kier molecular flexibility index (Phi) is 3.79. The van der Waals surface area contributed by atoms with E-state index >= 15 is 0 Å². The average Bonchev–Trinajstić information content (AvgIpc) is 2.99. The van der Waals surface area contributed by atoms with E-state index in [2.05, 4.69) is 23.6 Å². The number of benzene rings is 2. The van der Waals surface area contributed by atoms with Crippen LogP contribution in [0, 0.1) is 0 Å². The predicted molar refractivity (Wildman–Crippen MR) is 84.2 cm³/mol. The van der Waals surface area contributed by atoms with E-state index < -0.39 is 0 Å². The van der Waals surface area contributed by atoms with E-state index in [0.29, 0.717) is 6.61 Å². The highest BCUT2D eigenvalue weighted by atomic mass is 32.1. The summed E-state index contributed by atoms with van der Waals surface area (Å²) in [4.78, 5) is 4.71. The summed E-state index contributed by atoms with van der Waals surface area (Å²) in [5.41, 5.74) is 3.27. The van der Waals surface area contributed by atoms with Crippen molar-refractivity contribution < 1.29 is 4.74 Å². The van der Waals surface area contributed by atoms with Crippen LogP contribution in [0.5, 0.6) is 5.75 Å². The van der Waals surface area contributed by atoms with Gasteiger partial charge in [0.15, 0.2) is 0 Å². The largest absolute Gasteiger partial charge is 0.494 e. The first-order valence-corrected chi connectivity index (χ1v) is 7.49. The number of hydrogen-bond acceptors (Lipinski definition) is 3. The van der Waals surface area contributed by atoms with E-state index in [0.717, 1.165) is 27.6 Å². The number of nitrogens with zero attached hydrogens (tertiary/aromatic N) is 1. The third kappa shape index (κ3) is 2.73. The molecule has 0 fully saturated rings. The molecule has 0 atom stereocenters. The molecule has 0 amide bonds. The molecule has 3 aromatic rings. The summed E-state index contributed by atoms with van der Waals surface area (Å²) in [6.07, 6.45) is 0. The van der Waals surface area contributed by atoms with Crippen LogP contribution in [0.1, 0.15) is 6.92 Å². The molecule has 0 aliphatic carbocycles. The zero-order valence-electron chi connectivity index (χ0n) is 11.2. The maximum atomic E-state index is 5.54. The van der Waals surface area contributed by atoms with Crippen LogP contribution in [0.2, 0.25) is 0 Å². The Balaban J connectivity index is 1.92. The number of thiazole rings is 1. The first-order valence-electron chi connectivity index (χ1n) is 6.61. The summed E-state index contributed by atoms with van der Waals surface area (Å²) < 4.78 is 5.54. The number of hydrogen-bond donors (Lipinski definition) is 0. The van der Waals surface area contributed by atoms with Crippen LogP contribution in [0.3, 0.4) is 0 Å². The third-order valence-corrected chi connectivity index (χ3v) is 3.86. The fourth-order valence-electron chi connectivity index (χ4n) is 2.03. The maximum Gasteiger partial charge on any atom is 0.124 e. The van der Waals surface area contributed by atoms with Crippen molar-refractivity contribution in [3.63, 3.8) is 0 Å². The van der Waals surface area contributed by atoms with E-state index in [1.54, 1.807) is 11.3 Å². The van der Waals surface area contributed by atoms with Crippen LogP contribution in [0.15, 0.2) is 60.0 Å². The molecule has 0 saturated carbocycles. The minimum atomic E-state index is 0.677. The zero-order chi connectivity index (χ0) is 13.8. The van der Waals surface area contributed by atoms with Gasteiger partial charge >= 0.3 is 0 Å². The second kappa shape index (κ2) is 5.88. The summed E-state index contributed by atoms with van der Waals surface area (Å²) in [5, 5.41) is 3.11. The first kappa shape index (κ1) is 12.9. The van der Waals surface area contributed by atoms with Crippen LogP contribution in [-0.4, -0.2) is 11.6 Å². The summed E-state index contributed by atoms with van der Waals surface area (Å²) in [6, 6.07) is 18.3. The van der Waals surface area contributed by atoms with Crippen LogP contribution in [0.4, 0.5) is 0 Å². The van der Waals surface area contributed by atoms with Crippen LogP contribution < -0.4 is 4.74 Å². The van der Waals surface area contributed by atoms with Gasteiger partial charge in [-0.3, -0.25) is 0 Å². The molecule has 3 rings (SSSR count). The van der Waals surface area contributed by atoms with E-state index in [1.807, 2.05) is 43.3 Å². The molecule has 100 valence electrons. The Hall–Kier alpha value is -2.13. The van der Waals surface area contributed by atoms with Gasteiger partial charge in [-0.2, -0.15) is 0 Å². The summed E-state index contributed by atoms with van der Waals surface area (Å²) >= 11 is 1.66. The van der Waals surface area contributed by atoms with Crippen molar-refractivity contribution in [3.05, 3.63) is 60.0 Å². The molecule has 0 saturated heterocycles. The lowest BCUT2D eigenvalue weighted by molar-refractivity contribution is 0.340. The van der Waals surface area contributed by atoms with E-state index in [4.69, 9.17) is 9.72 Å². The molecular weight excluding hydrogens is 266 g/mol. The van der Waals surface area contributed by atoms with Crippen molar-refractivity contribution in [1.29, 1.82) is 0 Å². The van der Waals surface area contributed by atoms with Gasteiger partial charge in [0, 0.05) is 16.5 Å². The Labute approximate surface area is 122 Å². The minimum absolute atomic E-state index is 0.677. The van der Waals surface area contributed by atoms with Gasteiger partial charge in [0.2, 0.25) is 0 Å². The Bertz CT molecular complexity index is 691. The SMILES string of the molecule is CCOc1cccc(-c2nc(-c3ccccc3)cs2)c1. The molecule has 0 spiro atoms. The van der Waals surface area contributed by atoms with E-state index in [1.165, 1.54) is 0 Å². The minimum Gasteiger partial charge on any atom is -0.494 e. The van der Waals surface area contributed by atoms with E-state index in [-0.39, 0.29) is 0 Å². The number of rotatable bonds is 4. The smallest absolute Gasteiger partial charge is 0.124 e. The molecule has 2 aromatic carbocycles. The van der Waals surface area contributed by atoms with Gasteiger partial charge in [-0.05, 0) is 19.1 Å². The summed E-state index contributed by atoms with van der Waals surface area (Å²) in [7, 11) is 0. The van der Waals surface area contributed by atoms with Gasteiger partial charge in [-0.25, -0.2) is 4.98 Å². The molecular formula is C17H15NOS. The molecule has 20 heavy (non-hydrogen) atoms. The number of aromatic nitrogens is 1. The maximum absolute atomic E-state index is 5.54. The Morgan fingerprint density at radius 3 is 2.60 bits per heavy atom. The van der Waals surface area contributed by atoms with Gasteiger partial charge in [0.05, 0.1) is 12.3 Å². The van der Waals surface area contributed by atoms with Gasteiger partial charge in [0.25, 0.3) is 0 Å². The lowest BCUT2D eigenvalue weighted by Gasteiger charge is -2.03. The summed E-state index contributed by atoms with van der Waals surface area (Å²) in [6.45, 7) is 2.67. The lowest BCUT2D eigenvalue weighted by Crippen LogP contribution is -1.91. The van der Waals surface area contributed by atoms with Gasteiger partial charge in [-0.15, -0.1) is 11.3 Å². The molecule has 3 heteroatoms. The van der Waals surface area contributed by atoms with Crippen molar-refractivity contribution >= 4 is 11.3 Å². The molecule has 0 aliphatic heterocycles. The third-order valence-electron chi connectivity index (χ3n) is 2.97. The molecule has 2 nitrogen and oxygen atoms in total. The molecule has 0 radical (unpaired) electrons. The van der Waals surface area contributed by atoms with Crippen LogP contribution in [-0.2, 0) is 0 Å². The molecule has 0 bridgehead atoms. The quantitative estimate of drug-likeness (QED) is 0.680. The number of ether oxygens (including phenoxy) is 1. The van der Waals surface area contributed by atoms with Crippen molar-refractivity contribution in [3.8, 4) is 27.6 Å². The molecule has 0 unspecified atom stereocenters. The van der Waals surface area contributed by atoms with Gasteiger partial charge in [-0.1, -0.05) is 42.5 Å². The highest BCUT2D eigenvalue weighted by Crippen LogP contribution is 2.30. The molecule has 1 heterocycles. The highest BCUT2D eigenvalue weighted by molar-refractivity contribution is 7.13. The average molecular weight is 281 g/mol. The fraction of sp³-hybridized carbons (Fsp3) is 0.118. The van der Waals surface area contributed by atoms with Crippen molar-refractivity contribution in [1.82, 2.24) is 4.98 Å². The Morgan fingerprint density at radius 1 is 1.00 bits per heavy atom. The normalized spacial score (nSPS) is 10.4. The van der Waals surface area contributed by atoms with Gasteiger partial charge < -0.3 is 4.74 Å². The highest BCUT2D eigenvalue weighted by Gasteiger charge is 2.07. The van der Waals surface area contributed by atoms with Crippen molar-refractivity contribution in [2.75, 3.05) is 6.61 Å². The fourth-order valence-corrected chi connectivity index (χ4v) is 2.86. The van der Waals surface area contributed by atoms with Crippen molar-refractivity contribution in [2.24, 2.45) is 0 Å². The second-order valence-corrected chi connectivity index (χ2v) is 5.22. The van der Waals surface area contributed by atoms with Gasteiger partial charge in [0.1, 0.15) is 10.8 Å². The standard InChI is InChI=1S/C17H15NOS/c1-2-19-15-10-6-9-14(11-15)17-18-16(12-20-17)13-7-4-3-5-8-13/h3-12H,2H2,1H3. The molecule has 0 N–H and O–H groups in total. The first-order chi connectivity index (χ1) is 9.86. The summed E-state index contributed by atoms with van der Waals surface area (Å²) in [5.74, 6) is 0.890. The zero-order valence-corrected chi connectivity index (χ0v) is 12.1. The topological polar surface area (TPSA) is 22.1 Å². The predicted octanol–water partition coefficient (Wildman–Crippen LogP) is 4.88. The monoisotopic (exact) mass is 281 g/mol. The van der Waals surface area contributed by atoms with E-state index in [9.17, 15) is 0 Å². The lowest BCUT2D eigenvalue weighted by atomic mass is 10.2. The van der Waals surface area contributed by atoms with Crippen LogP contribution >= 0.6 is 11.3 Å². The van der Waals surface area contributed by atoms with Crippen LogP contribution in [0.25, 0.3) is 21.8 Å². The molecule has 0 aliphatic rings. The Morgan fingerprint density at radius 2 is 1.80 bits per heavy atom. The second-order valence-electron chi connectivity index (χ2n) is 4.36. The molecule has 1 aromatic heterocycles.